The average Bonchev–Trinajstić information content (AvgIpc) is 2.60. The van der Waals surface area contributed by atoms with Crippen molar-refractivity contribution in [2.45, 2.75) is 4.90 Å². The molecule has 2 heterocycles. The number of nitro benzene ring substituents is 1. The van der Waals surface area contributed by atoms with Crippen LogP contribution in [0.5, 0.6) is 0 Å². The molecule has 3 rings (SSSR count). The largest absolute Gasteiger partial charge is 0.362 e. The smallest absolute Gasteiger partial charge is 0.293 e. The number of piperazine rings is 1. The molecular formula is C16H16Cl2N4O4S. The fraction of sp³-hybridized carbons (Fsp3) is 0.312. The van der Waals surface area contributed by atoms with Gasteiger partial charge >= 0.3 is 0 Å². The minimum atomic E-state index is -3.52. The maximum Gasteiger partial charge on any atom is 0.293 e. The third-order valence-corrected chi connectivity index (χ3v) is 5.88. The van der Waals surface area contributed by atoms with Crippen molar-refractivity contribution in [3.63, 3.8) is 0 Å². The summed E-state index contributed by atoms with van der Waals surface area (Å²) in [6.45, 7) is 2.11. The Bertz CT molecular complexity index is 992. The van der Waals surface area contributed by atoms with Crippen LogP contribution in [0.1, 0.15) is 0 Å². The summed E-state index contributed by atoms with van der Waals surface area (Å²) >= 11 is 12.1. The maximum absolute atomic E-state index is 11.7. The first kappa shape index (κ1) is 19.7. The summed E-state index contributed by atoms with van der Waals surface area (Å²) in [5, 5.41) is 12.3. The van der Waals surface area contributed by atoms with Gasteiger partial charge in [0.1, 0.15) is 11.5 Å². The summed E-state index contributed by atoms with van der Waals surface area (Å²) < 4.78 is 23.4. The molecule has 0 bridgehead atoms. The summed E-state index contributed by atoms with van der Waals surface area (Å²) in [7, 11) is -3.52. The molecule has 2 aromatic rings. The SMILES string of the molecule is CS(=O)(=O)c1ccc(N2CCN(c3ncc(Cl)cc3Cl)CC2)c([N+](=O)[O-])c1. The number of nitro groups is 1. The molecule has 8 nitrogen and oxygen atoms in total. The van der Waals surface area contributed by atoms with E-state index in [1.807, 2.05) is 9.80 Å². The minimum absolute atomic E-state index is 0.0752. The molecule has 144 valence electrons. The summed E-state index contributed by atoms with van der Waals surface area (Å²) in [5.41, 5.74) is 0.163. The highest BCUT2D eigenvalue weighted by Crippen LogP contribution is 2.33. The Labute approximate surface area is 166 Å². The van der Waals surface area contributed by atoms with E-state index in [0.29, 0.717) is 47.7 Å². The number of anilines is 2. The Morgan fingerprint density at radius 1 is 1.11 bits per heavy atom. The number of rotatable bonds is 4. The quantitative estimate of drug-likeness (QED) is 0.542. The molecular weight excluding hydrogens is 415 g/mol. The van der Waals surface area contributed by atoms with Crippen LogP contribution in [0, 0.1) is 10.1 Å². The Hall–Kier alpha value is -2.10. The Morgan fingerprint density at radius 3 is 2.30 bits per heavy atom. The fourth-order valence-corrected chi connectivity index (χ4v) is 4.09. The molecule has 1 aromatic carbocycles. The molecule has 0 amide bonds. The summed E-state index contributed by atoms with van der Waals surface area (Å²) in [6, 6.07) is 5.60. The van der Waals surface area contributed by atoms with Gasteiger partial charge in [-0.2, -0.15) is 0 Å². The maximum atomic E-state index is 11.7. The molecule has 1 aliphatic rings. The van der Waals surface area contributed by atoms with Gasteiger partial charge in [-0.15, -0.1) is 0 Å². The van der Waals surface area contributed by atoms with Crippen molar-refractivity contribution in [2.24, 2.45) is 0 Å². The second-order valence-electron chi connectivity index (χ2n) is 6.11. The van der Waals surface area contributed by atoms with Crippen molar-refractivity contribution in [3.8, 4) is 0 Å². The van der Waals surface area contributed by atoms with Crippen molar-refractivity contribution in [3.05, 3.63) is 50.6 Å². The van der Waals surface area contributed by atoms with E-state index in [4.69, 9.17) is 23.2 Å². The van der Waals surface area contributed by atoms with Crippen LogP contribution in [0.3, 0.4) is 0 Å². The number of nitrogens with zero attached hydrogens (tertiary/aromatic N) is 4. The lowest BCUT2D eigenvalue weighted by Crippen LogP contribution is -2.47. The normalized spacial score (nSPS) is 15.1. The fourth-order valence-electron chi connectivity index (χ4n) is 2.95. The van der Waals surface area contributed by atoms with E-state index in [0.717, 1.165) is 12.3 Å². The van der Waals surface area contributed by atoms with Crippen LogP contribution in [0.25, 0.3) is 0 Å². The number of halogens is 2. The van der Waals surface area contributed by atoms with Gasteiger partial charge in [-0.3, -0.25) is 10.1 Å². The van der Waals surface area contributed by atoms with Crippen molar-refractivity contribution < 1.29 is 13.3 Å². The number of hydrogen-bond donors (Lipinski definition) is 0. The van der Waals surface area contributed by atoms with Crippen molar-refractivity contribution in [1.29, 1.82) is 0 Å². The van der Waals surface area contributed by atoms with E-state index in [2.05, 4.69) is 4.98 Å². The summed E-state index contributed by atoms with van der Waals surface area (Å²) in [5.74, 6) is 0.614. The van der Waals surface area contributed by atoms with Gasteiger partial charge in [0, 0.05) is 44.7 Å². The zero-order chi connectivity index (χ0) is 19.8. The van der Waals surface area contributed by atoms with Crippen LogP contribution in [0.2, 0.25) is 10.0 Å². The van der Waals surface area contributed by atoms with E-state index in [-0.39, 0.29) is 10.6 Å². The molecule has 0 radical (unpaired) electrons. The van der Waals surface area contributed by atoms with Crippen LogP contribution < -0.4 is 9.80 Å². The van der Waals surface area contributed by atoms with Gasteiger partial charge in [-0.05, 0) is 18.2 Å². The number of sulfone groups is 1. The molecule has 0 saturated carbocycles. The highest BCUT2D eigenvalue weighted by atomic mass is 35.5. The lowest BCUT2D eigenvalue weighted by Gasteiger charge is -2.36. The third-order valence-electron chi connectivity index (χ3n) is 4.28. The van der Waals surface area contributed by atoms with Crippen LogP contribution in [-0.4, -0.2) is 50.8 Å². The predicted molar refractivity (Wildman–Crippen MR) is 105 cm³/mol. The average molecular weight is 431 g/mol. The summed E-state index contributed by atoms with van der Waals surface area (Å²) in [4.78, 5) is 18.9. The lowest BCUT2D eigenvalue weighted by molar-refractivity contribution is -0.384. The molecule has 1 aliphatic heterocycles. The first-order chi connectivity index (χ1) is 12.7. The number of aromatic nitrogens is 1. The zero-order valence-corrected chi connectivity index (χ0v) is 16.6. The number of pyridine rings is 1. The topological polar surface area (TPSA) is 96.7 Å². The molecule has 0 N–H and O–H groups in total. The van der Waals surface area contributed by atoms with E-state index in [1.54, 1.807) is 6.07 Å². The van der Waals surface area contributed by atoms with Gasteiger partial charge in [-0.25, -0.2) is 13.4 Å². The predicted octanol–water partition coefficient (Wildman–Crippen LogP) is 3.03. The molecule has 0 unspecified atom stereocenters. The summed E-state index contributed by atoms with van der Waals surface area (Å²) in [6.07, 6.45) is 2.54. The Kier molecular flexibility index (Phi) is 5.45. The highest BCUT2D eigenvalue weighted by molar-refractivity contribution is 7.90. The first-order valence-corrected chi connectivity index (χ1v) is 10.6. The van der Waals surface area contributed by atoms with Gasteiger partial charge in [0.15, 0.2) is 9.84 Å². The van der Waals surface area contributed by atoms with Crippen molar-refractivity contribution in [1.82, 2.24) is 4.98 Å². The van der Waals surface area contributed by atoms with Crippen LogP contribution in [-0.2, 0) is 9.84 Å². The molecule has 1 fully saturated rings. The zero-order valence-electron chi connectivity index (χ0n) is 14.3. The molecule has 0 aliphatic carbocycles. The van der Waals surface area contributed by atoms with Crippen molar-refractivity contribution in [2.75, 3.05) is 42.2 Å². The molecule has 27 heavy (non-hydrogen) atoms. The van der Waals surface area contributed by atoms with Crippen LogP contribution in [0.4, 0.5) is 17.2 Å². The van der Waals surface area contributed by atoms with E-state index in [1.165, 1.54) is 18.3 Å². The molecule has 1 aromatic heterocycles. The van der Waals surface area contributed by atoms with Gasteiger partial charge < -0.3 is 9.80 Å². The van der Waals surface area contributed by atoms with E-state index in [9.17, 15) is 18.5 Å². The van der Waals surface area contributed by atoms with E-state index >= 15 is 0 Å². The van der Waals surface area contributed by atoms with Gasteiger partial charge in [0.2, 0.25) is 0 Å². The molecule has 0 atom stereocenters. The van der Waals surface area contributed by atoms with Gasteiger partial charge in [-0.1, -0.05) is 23.2 Å². The second kappa shape index (κ2) is 7.49. The standard InChI is InChI=1S/C16H16Cl2N4O4S/c1-27(25,26)12-2-3-14(15(9-12)22(23)24)20-4-6-21(7-5-20)16-13(18)8-11(17)10-19-16/h2-3,8-10H,4-7H2,1H3. The molecule has 11 heteroatoms. The number of hydrogen-bond acceptors (Lipinski definition) is 7. The monoisotopic (exact) mass is 430 g/mol. The second-order valence-corrected chi connectivity index (χ2v) is 8.97. The van der Waals surface area contributed by atoms with Crippen molar-refractivity contribution >= 4 is 50.2 Å². The highest BCUT2D eigenvalue weighted by Gasteiger charge is 2.26. The van der Waals surface area contributed by atoms with Crippen LogP contribution >= 0.6 is 23.2 Å². The minimum Gasteiger partial charge on any atom is -0.362 e. The third kappa shape index (κ3) is 4.26. The van der Waals surface area contributed by atoms with E-state index < -0.39 is 14.8 Å². The van der Waals surface area contributed by atoms with Gasteiger partial charge in [0.25, 0.3) is 5.69 Å². The molecule has 1 saturated heterocycles. The van der Waals surface area contributed by atoms with Gasteiger partial charge in [0.05, 0.1) is 19.9 Å². The Balaban J connectivity index is 1.82. The first-order valence-electron chi connectivity index (χ1n) is 7.96. The Morgan fingerprint density at radius 2 is 1.74 bits per heavy atom. The number of benzene rings is 1. The van der Waals surface area contributed by atoms with Crippen LogP contribution in [0.15, 0.2) is 35.4 Å². The lowest BCUT2D eigenvalue weighted by atomic mass is 10.2. The molecule has 0 spiro atoms.